The summed E-state index contributed by atoms with van der Waals surface area (Å²) in [7, 11) is 0. The highest BCUT2D eigenvalue weighted by Crippen LogP contribution is 2.45. The molecule has 2 aliphatic rings. The SMILES string of the molecule is FC1(Cc2ccccc2)CC2CNC[C@H]2C1. The third-order valence-corrected chi connectivity index (χ3v) is 4.10. The fraction of sp³-hybridized carbons (Fsp3) is 0.571. The average Bonchev–Trinajstić information content (AvgIpc) is 2.77. The van der Waals surface area contributed by atoms with E-state index in [0.717, 1.165) is 31.5 Å². The maximum absolute atomic E-state index is 14.7. The Balaban J connectivity index is 1.71. The van der Waals surface area contributed by atoms with Gasteiger partial charge in [-0.3, -0.25) is 0 Å². The lowest BCUT2D eigenvalue weighted by Crippen LogP contribution is -2.25. The second kappa shape index (κ2) is 3.85. The lowest BCUT2D eigenvalue weighted by atomic mass is 9.93. The van der Waals surface area contributed by atoms with Gasteiger partial charge >= 0.3 is 0 Å². The summed E-state index contributed by atoms with van der Waals surface area (Å²) in [6.45, 7) is 2.04. The molecule has 86 valence electrons. The second-order valence-corrected chi connectivity index (χ2v) is 5.40. The molecule has 1 saturated heterocycles. The van der Waals surface area contributed by atoms with Crippen LogP contribution in [0.25, 0.3) is 0 Å². The van der Waals surface area contributed by atoms with Gasteiger partial charge in [-0.1, -0.05) is 30.3 Å². The topological polar surface area (TPSA) is 12.0 Å². The van der Waals surface area contributed by atoms with E-state index in [9.17, 15) is 4.39 Å². The molecule has 2 unspecified atom stereocenters. The smallest absolute Gasteiger partial charge is 0.115 e. The number of benzene rings is 1. The van der Waals surface area contributed by atoms with Crippen LogP contribution in [0.4, 0.5) is 4.39 Å². The Labute approximate surface area is 96.1 Å². The van der Waals surface area contributed by atoms with Crippen LogP contribution >= 0.6 is 0 Å². The standard InChI is InChI=1S/C14H18FN/c15-14(6-11-4-2-1-3-5-11)7-12-9-16-10-13(12)8-14/h1-5,12-13,16H,6-10H2/t12-,13?,14?/m1/s1. The molecule has 16 heavy (non-hydrogen) atoms. The Hall–Kier alpha value is -0.890. The summed E-state index contributed by atoms with van der Waals surface area (Å²) in [6, 6.07) is 10.1. The Morgan fingerprint density at radius 1 is 1.12 bits per heavy atom. The van der Waals surface area contributed by atoms with Crippen LogP contribution in [0.5, 0.6) is 0 Å². The molecule has 3 rings (SSSR count). The van der Waals surface area contributed by atoms with E-state index in [1.54, 1.807) is 0 Å². The molecule has 1 nitrogen and oxygen atoms in total. The lowest BCUT2D eigenvalue weighted by Gasteiger charge is -2.20. The number of alkyl halides is 1. The molecule has 2 heteroatoms. The number of nitrogens with one attached hydrogen (secondary N) is 1. The minimum Gasteiger partial charge on any atom is -0.316 e. The van der Waals surface area contributed by atoms with Crippen LogP contribution in [-0.4, -0.2) is 18.8 Å². The zero-order valence-corrected chi connectivity index (χ0v) is 9.45. The van der Waals surface area contributed by atoms with Gasteiger partial charge in [0, 0.05) is 6.42 Å². The number of hydrogen-bond acceptors (Lipinski definition) is 1. The fourth-order valence-corrected chi connectivity index (χ4v) is 3.39. The van der Waals surface area contributed by atoms with E-state index in [4.69, 9.17) is 0 Å². The van der Waals surface area contributed by atoms with Crippen LogP contribution in [0.1, 0.15) is 18.4 Å². The number of halogens is 1. The molecular formula is C14H18FN. The molecule has 0 spiro atoms. The van der Waals surface area contributed by atoms with E-state index in [2.05, 4.69) is 5.32 Å². The van der Waals surface area contributed by atoms with Crippen molar-refractivity contribution in [1.29, 1.82) is 0 Å². The van der Waals surface area contributed by atoms with E-state index in [1.807, 2.05) is 30.3 Å². The number of rotatable bonds is 2. The van der Waals surface area contributed by atoms with Gasteiger partial charge in [-0.25, -0.2) is 4.39 Å². The van der Waals surface area contributed by atoms with Crippen LogP contribution in [0.3, 0.4) is 0 Å². The van der Waals surface area contributed by atoms with E-state index in [1.165, 1.54) is 0 Å². The van der Waals surface area contributed by atoms with Gasteiger partial charge in [0.25, 0.3) is 0 Å². The third-order valence-electron chi connectivity index (χ3n) is 4.10. The maximum Gasteiger partial charge on any atom is 0.115 e. The van der Waals surface area contributed by atoms with Gasteiger partial charge in [0.2, 0.25) is 0 Å². The first-order valence-electron chi connectivity index (χ1n) is 6.19. The van der Waals surface area contributed by atoms with E-state index in [0.29, 0.717) is 18.3 Å². The molecule has 1 aromatic carbocycles. The van der Waals surface area contributed by atoms with E-state index < -0.39 is 5.67 Å². The Morgan fingerprint density at radius 3 is 2.38 bits per heavy atom. The predicted molar refractivity (Wildman–Crippen MR) is 63.1 cm³/mol. The van der Waals surface area contributed by atoms with E-state index in [-0.39, 0.29) is 0 Å². The molecule has 1 heterocycles. The van der Waals surface area contributed by atoms with Crippen LogP contribution in [0, 0.1) is 11.8 Å². The molecule has 1 saturated carbocycles. The third kappa shape index (κ3) is 1.86. The first-order chi connectivity index (χ1) is 7.75. The summed E-state index contributed by atoms with van der Waals surface area (Å²) >= 11 is 0. The lowest BCUT2D eigenvalue weighted by molar-refractivity contribution is 0.159. The molecule has 0 radical (unpaired) electrons. The zero-order chi connectivity index (χ0) is 11.0. The van der Waals surface area contributed by atoms with Crippen LogP contribution in [0.15, 0.2) is 30.3 Å². The Kier molecular flexibility index (Phi) is 2.47. The van der Waals surface area contributed by atoms with Crippen LogP contribution in [-0.2, 0) is 6.42 Å². The highest BCUT2D eigenvalue weighted by molar-refractivity contribution is 5.18. The van der Waals surface area contributed by atoms with Crippen LogP contribution < -0.4 is 5.32 Å². The summed E-state index contributed by atoms with van der Waals surface area (Å²) in [5, 5.41) is 3.36. The van der Waals surface area contributed by atoms with Crippen molar-refractivity contribution in [2.45, 2.75) is 24.9 Å². The molecule has 3 atom stereocenters. The second-order valence-electron chi connectivity index (χ2n) is 5.40. The number of hydrogen-bond donors (Lipinski definition) is 1. The van der Waals surface area contributed by atoms with Crippen molar-refractivity contribution in [1.82, 2.24) is 5.32 Å². The van der Waals surface area contributed by atoms with Gasteiger partial charge in [-0.05, 0) is 43.3 Å². The van der Waals surface area contributed by atoms with Gasteiger partial charge < -0.3 is 5.32 Å². The monoisotopic (exact) mass is 219 g/mol. The summed E-state index contributed by atoms with van der Waals surface area (Å²) < 4.78 is 14.7. The van der Waals surface area contributed by atoms with Crippen molar-refractivity contribution in [3.63, 3.8) is 0 Å². The zero-order valence-electron chi connectivity index (χ0n) is 9.45. The summed E-state index contributed by atoms with van der Waals surface area (Å²) in [5.41, 5.74) is 0.191. The molecule has 0 bridgehead atoms. The van der Waals surface area contributed by atoms with Crippen molar-refractivity contribution >= 4 is 0 Å². The predicted octanol–water partition coefficient (Wildman–Crippen LogP) is 2.57. The Morgan fingerprint density at radius 2 is 1.75 bits per heavy atom. The van der Waals surface area contributed by atoms with Crippen molar-refractivity contribution in [3.8, 4) is 0 Å². The van der Waals surface area contributed by atoms with Crippen molar-refractivity contribution in [2.24, 2.45) is 11.8 Å². The summed E-state index contributed by atoms with van der Waals surface area (Å²) in [4.78, 5) is 0. The minimum atomic E-state index is -0.946. The first kappa shape index (κ1) is 10.3. The molecule has 1 aliphatic carbocycles. The molecule has 1 aromatic rings. The van der Waals surface area contributed by atoms with Crippen molar-refractivity contribution in [3.05, 3.63) is 35.9 Å². The molecule has 0 amide bonds. The normalized spacial score (nSPS) is 37.6. The summed E-state index contributed by atoms with van der Waals surface area (Å²) in [6.07, 6.45) is 2.10. The highest BCUT2D eigenvalue weighted by atomic mass is 19.1. The van der Waals surface area contributed by atoms with Gasteiger partial charge in [-0.2, -0.15) is 0 Å². The Bertz CT molecular complexity index is 350. The summed E-state index contributed by atoms with van der Waals surface area (Å²) in [5.74, 6) is 1.16. The van der Waals surface area contributed by atoms with Gasteiger partial charge in [0.1, 0.15) is 5.67 Å². The van der Waals surface area contributed by atoms with Crippen molar-refractivity contribution < 1.29 is 4.39 Å². The van der Waals surface area contributed by atoms with Gasteiger partial charge in [0.15, 0.2) is 0 Å². The maximum atomic E-state index is 14.7. The first-order valence-corrected chi connectivity index (χ1v) is 6.19. The highest BCUT2D eigenvalue weighted by Gasteiger charge is 2.47. The van der Waals surface area contributed by atoms with E-state index >= 15 is 0 Å². The minimum absolute atomic E-state index is 0.578. The van der Waals surface area contributed by atoms with Gasteiger partial charge in [0.05, 0.1) is 0 Å². The fourth-order valence-electron chi connectivity index (χ4n) is 3.39. The average molecular weight is 219 g/mol. The molecule has 0 aromatic heterocycles. The molecule has 1 aliphatic heterocycles. The quantitative estimate of drug-likeness (QED) is 0.806. The van der Waals surface area contributed by atoms with Gasteiger partial charge in [-0.15, -0.1) is 0 Å². The van der Waals surface area contributed by atoms with Crippen LogP contribution in [0.2, 0.25) is 0 Å². The molecule has 1 N–H and O–H groups in total. The number of fused-ring (bicyclic) bond motifs is 1. The molecular weight excluding hydrogens is 201 g/mol. The largest absolute Gasteiger partial charge is 0.316 e. The molecule has 2 fully saturated rings. The van der Waals surface area contributed by atoms with Crippen molar-refractivity contribution in [2.75, 3.05) is 13.1 Å².